The molecule has 0 aliphatic rings. The summed E-state index contributed by atoms with van der Waals surface area (Å²) in [5, 5.41) is 16.6. The largest absolute Gasteiger partial charge is 0.387 e. The van der Waals surface area contributed by atoms with Crippen molar-refractivity contribution >= 4 is 0 Å². The number of nitrogens with one attached hydrogen (secondary N) is 1. The van der Waals surface area contributed by atoms with Crippen LogP contribution in [0.15, 0.2) is 34.9 Å². The van der Waals surface area contributed by atoms with Gasteiger partial charge in [0.05, 0.1) is 18.3 Å². The Bertz CT molecular complexity index is 513. The fraction of sp³-hybridized carbons (Fsp3) is 0.308. The van der Waals surface area contributed by atoms with Crippen LogP contribution in [0.3, 0.4) is 0 Å². The van der Waals surface area contributed by atoms with Crippen molar-refractivity contribution in [3.05, 3.63) is 53.2 Å². The highest BCUT2D eigenvalue weighted by molar-refractivity contribution is 5.20. The maximum atomic E-state index is 13.4. The fourth-order valence-corrected chi connectivity index (χ4v) is 1.69. The van der Waals surface area contributed by atoms with Crippen molar-refractivity contribution in [2.24, 2.45) is 0 Å². The lowest BCUT2D eigenvalue weighted by atomic mass is 10.1. The molecule has 0 saturated carbocycles. The van der Waals surface area contributed by atoms with Crippen molar-refractivity contribution in [3.63, 3.8) is 0 Å². The van der Waals surface area contributed by atoms with Crippen LogP contribution in [0, 0.1) is 12.7 Å². The molecule has 4 nitrogen and oxygen atoms in total. The van der Waals surface area contributed by atoms with E-state index in [2.05, 4.69) is 10.5 Å². The Labute approximate surface area is 104 Å². The second-order valence-corrected chi connectivity index (χ2v) is 4.10. The van der Waals surface area contributed by atoms with Crippen molar-refractivity contribution < 1.29 is 14.0 Å². The summed E-state index contributed by atoms with van der Waals surface area (Å²) in [6, 6.07) is 8.00. The molecule has 1 atom stereocenters. The number of rotatable bonds is 5. The molecular formula is C13H15FN2O2. The summed E-state index contributed by atoms with van der Waals surface area (Å²) >= 11 is 0. The third kappa shape index (κ3) is 3.15. The summed E-state index contributed by atoms with van der Waals surface area (Å²) in [6.07, 6.45) is -0.879. The Morgan fingerprint density at radius 3 is 2.89 bits per heavy atom. The molecule has 0 bridgehead atoms. The maximum Gasteiger partial charge on any atom is 0.150 e. The first-order chi connectivity index (χ1) is 8.66. The van der Waals surface area contributed by atoms with Gasteiger partial charge < -0.3 is 14.9 Å². The van der Waals surface area contributed by atoms with Gasteiger partial charge in [-0.15, -0.1) is 0 Å². The summed E-state index contributed by atoms with van der Waals surface area (Å²) < 4.78 is 18.4. The van der Waals surface area contributed by atoms with Gasteiger partial charge in [-0.1, -0.05) is 23.4 Å². The Balaban J connectivity index is 1.85. The Kier molecular flexibility index (Phi) is 4.07. The molecule has 0 aliphatic carbocycles. The lowest BCUT2D eigenvalue weighted by Crippen LogP contribution is -2.21. The smallest absolute Gasteiger partial charge is 0.150 e. The standard InChI is InChI=1S/C13H15FN2O2/c1-9-6-10(18-16-9)7-15-8-13(17)11-4-2-3-5-12(11)14/h2-6,13,15,17H,7-8H2,1H3. The van der Waals surface area contributed by atoms with Crippen molar-refractivity contribution in [1.29, 1.82) is 0 Å². The fourth-order valence-electron chi connectivity index (χ4n) is 1.69. The average Bonchev–Trinajstić information content (AvgIpc) is 2.75. The highest BCUT2D eigenvalue weighted by Crippen LogP contribution is 2.15. The molecule has 5 heteroatoms. The normalized spacial score (nSPS) is 12.6. The zero-order chi connectivity index (χ0) is 13.0. The van der Waals surface area contributed by atoms with Gasteiger partial charge in [0, 0.05) is 18.2 Å². The first-order valence-corrected chi connectivity index (χ1v) is 5.72. The van der Waals surface area contributed by atoms with Crippen LogP contribution in [-0.4, -0.2) is 16.8 Å². The zero-order valence-corrected chi connectivity index (χ0v) is 10.1. The van der Waals surface area contributed by atoms with Crippen LogP contribution >= 0.6 is 0 Å². The van der Waals surface area contributed by atoms with Crippen molar-refractivity contribution in [3.8, 4) is 0 Å². The number of aromatic nitrogens is 1. The molecule has 1 aromatic heterocycles. The average molecular weight is 250 g/mol. The maximum absolute atomic E-state index is 13.4. The van der Waals surface area contributed by atoms with E-state index in [0.717, 1.165) is 5.69 Å². The Hall–Kier alpha value is -1.72. The highest BCUT2D eigenvalue weighted by Gasteiger charge is 2.11. The van der Waals surface area contributed by atoms with E-state index in [-0.39, 0.29) is 6.54 Å². The van der Waals surface area contributed by atoms with Crippen LogP contribution in [0.5, 0.6) is 0 Å². The molecule has 0 amide bonds. The summed E-state index contributed by atoms with van der Waals surface area (Å²) in [7, 11) is 0. The lowest BCUT2D eigenvalue weighted by Gasteiger charge is -2.12. The summed E-state index contributed by atoms with van der Waals surface area (Å²) in [6.45, 7) is 2.54. The molecule has 0 aliphatic heterocycles. The molecule has 18 heavy (non-hydrogen) atoms. The topological polar surface area (TPSA) is 58.3 Å². The van der Waals surface area contributed by atoms with E-state index < -0.39 is 11.9 Å². The Morgan fingerprint density at radius 2 is 2.22 bits per heavy atom. The number of nitrogens with zero attached hydrogens (tertiary/aromatic N) is 1. The van der Waals surface area contributed by atoms with E-state index in [4.69, 9.17) is 4.52 Å². The molecule has 0 radical (unpaired) electrons. The number of aryl methyl sites for hydroxylation is 1. The quantitative estimate of drug-likeness (QED) is 0.851. The van der Waals surface area contributed by atoms with Gasteiger partial charge in [0.25, 0.3) is 0 Å². The number of hydrogen-bond donors (Lipinski definition) is 2. The van der Waals surface area contributed by atoms with E-state index in [1.807, 2.05) is 13.0 Å². The van der Waals surface area contributed by atoms with E-state index in [1.54, 1.807) is 18.2 Å². The minimum atomic E-state index is -0.879. The molecule has 1 aromatic carbocycles. The summed E-state index contributed by atoms with van der Waals surface area (Å²) in [5.41, 5.74) is 1.10. The van der Waals surface area contributed by atoms with Crippen molar-refractivity contribution in [2.45, 2.75) is 19.6 Å². The third-order valence-corrected chi connectivity index (χ3v) is 2.58. The van der Waals surface area contributed by atoms with Gasteiger partial charge in [0.15, 0.2) is 5.76 Å². The second kappa shape index (κ2) is 5.75. The van der Waals surface area contributed by atoms with Crippen molar-refractivity contribution in [1.82, 2.24) is 10.5 Å². The van der Waals surface area contributed by atoms with Gasteiger partial charge in [0.2, 0.25) is 0 Å². The Morgan fingerprint density at radius 1 is 1.44 bits per heavy atom. The van der Waals surface area contributed by atoms with Gasteiger partial charge in [-0.3, -0.25) is 0 Å². The molecule has 2 N–H and O–H groups in total. The molecule has 96 valence electrons. The van der Waals surface area contributed by atoms with Crippen LogP contribution in [0.1, 0.15) is 23.1 Å². The van der Waals surface area contributed by atoms with E-state index >= 15 is 0 Å². The molecule has 1 unspecified atom stereocenters. The van der Waals surface area contributed by atoms with Gasteiger partial charge in [-0.25, -0.2) is 4.39 Å². The van der Waals surface area contributed by atoms with Crippen LogP contribution in [0.2, 0.25) is 0 Å². The summed E-state index contributed by atoms with van der Waals surface area (Å²) in [5.74, 6) is 0.288. The first kappa shape index (κ1) is 12.7. The van der Waals surface area contributed by atoms with Crippen molar-refractivity contribution in [2.75, 3.05) is 6.54 Å². The van der Waals surface area contributed by atoms with E-state index in [9.17, 15) is 9.50 Å². The molecule has 2 aromatic rings. The first-order valence-electron chi connectivity index (χ1n) is 5.72. The molecule has 0 spiro atoms. The number of halogens is 1. The van der Waals surface area contributed by atoms with E-state index in [1.165, 1.54) is 6.07 Å². The number of benzene rings is 1. The van der Waals surface area contributed by atoms with Gasteiger partial charge in [-0.05, 0) is 13.0 Å². The van der Waals surface area contributed by atoms with Gasteiger partial charge in [0.1, 0.15) is 5.82 Å². The van der Waals surface area contributed by atoms with Crippen LogP contribution in [-0.2, 0) is 6.54 Å². The zero-order valence-electron chi connectivity index (χ0n) is 10.1. The molecule has 1 heterocycles. The minimum absolute atomic E-state index is 0.251. The number of aliphatic hydroxyl groups is 1. The SMILES string of the molecule is Cc1cc(CNCC(O)c2ccccc2F)on1. The predicted molar refractivity (Wildman–Crippen MR) is 64.3 cm³/mol. The molecular weight excluding hydrogens is 235 g/mol. The molecule has 0 saturated heterocycles. The molecule has 2 rings (SSSR count). The van der Waals surface area contributed by atoms with E-state index in [0.29, 0.717) is 17.9 Å². The second-order valence-electron chi connectivity index (χ2n) is 4.10. The number of aliphatic hydroxyl groups excluding tert-OH is 1. The van der Waals surface area contributed by atoms with Crippen LogP contribution in [0.25, 0.3) is 0 Å². The summed E-state index contributed by atoms with van der Waals surface area (Å²) in [4.78, 5) is 0. The predicted octanol–water partition coefficient (Wildman–Crippen LogP) is 1.95. The number of hydrogen-bond acceptors (Lipinski definition) is 4. The minimum Gasteiger partial charge on any atom is -0.387 e. The van der Waals surface area contributed by atoms with Crippen LogP contribution < -0.4 is 5.32 Å². The lowest BCUT2D eigenvalue weighted by molar-refractivity contribution is 0.168. The van der Waals surface area contributed by atoms with Gasteiger partial charge in [-0.2, -0.15) is 0 Å². The van der Waals surface area contributed by atoms with Gasteiger partial charge >= 0.3 is 0 Å². The van der Waals surface area contributed by atoms with Crippen LogP contribution in [0.4, 0.5) is 4.39 Å². The monoisotopic (exact) mass is 250 g/mol. The molecule has 0 fully saturated rings. The third-order valence-electron chi connectivity index (χ3n) is 2.58. The highest BCUT2D eigenvalue weighted by atomic mass is 19.1.